The van der Waals surface area contributed by atoms with Crippen molar-refractivity contribution in [1.82, 2.24) is 9.88 Å². The Bertz CT molecular complexity index is 421. The van der Waals surface area contributed by atoms with Gasteiger partial charge in [0.25, 0.3) is 0 Å². The fourth-order valence-corrected chi connectivity index (χ4v) is 3.54. The molecule has 2 heterocycles. The molecule has 1 aliphatic heterocycles. The van der Waals surface area contributed by atoms with Crippen LogP contribution in [0.2, 0.25) is 0 Å². The summed E-state index contributed by atoms with van der Waals surface area (Å²) in [5.74, 6) is 1.35. The lowest BCUT2D eigenvalue weighted by molar-refractivity contribution is -0.138. The van der Waals surface area contributed by atoms with Gasteiger partial charge in [-0.1, -0.05) is 0 Å². The normalized spacial score (nSPS) is 18.2. The predicted octanol–water partition coefficient (Wildman–Crippen LogP) is 0.688. The van der Waals surface area contributed by atoms with Gasteiger partial charge in [0, 0.05) is 43.1 Å². The van der Waals surface area contributed by atoms with Gasteiger partial charge >= 0.3 is 5.97 Å². The van der Waals surface area contributed by atoms with E-state index in [0.29, 0.717) is 5.69 Å². The number of nitrogens with one attached hydrogen (secondary N) is 1. The summed E-state index contributed by atoms with van der Waals surface area (Å²) in [6.07, 6.45) is 0. The van der Waals surface area contributed by atoms with Crippen LogP contribution in [-0.2, 0) is 4.79 Å². The average Bonchev–Trinajstić information content (AvgIpc) is 2.88. The SMILES string of the molecule is NC(C(=O)O)c1csc(NCCN2CCSCC2)n1. The van der Waals surface area contributed by atoms with E-state index in [1.807, 2.05) is 11.8 Å². The van der Waals surface area contributed by atoms with Gasteiger partial charge in [-0.2, -0.15) is 11.8 Å². The fraction of sp³-hybridized carbons (Fsp3) is 0.636. The lowest BCUT2D eigenvalue weighted by Gasteiger charge is -2.25. The molecular formula is C11H18N4O2S2. The number of carboxylic acids is 1. The van der Waals surface area contributed by atoms with Crippen molar-refractivity contribution in [2.75, 3.05) is 43.0 Å². The Labute approximate surface area is 120 Å². The van der Waals surface area contributed by atoms with Gasteiger partial charge < -0.3 is 16.2 Å². The minimum Gasteiger partial charge on any atom is -0.480 e. The van der Waals surface area contributed by atoms with Crippen molar-refractivity contribution < 1.29 is 9.90 Å². The van der Waals surface area contributed by atoms with Crippen LogP contribution in [0.5, 0.6) is 0 Å². The number of thiazole rings is 1. The summed E-state index contributed by atoms with van der Waals surface area (Å²) in [4.78, 5) is 17.4. The number of nitrogens with two attached hydrogens (primary N) is 1. The molecule has 1 atom stereocenters. The number of carbonyl (C=O) groups is 1. The Hall–Kier alpha value is -0.830. The van der Waals surface area contributed by atoms with E-state index in [1.54, 1.807) is 5.38 Å². The first-order chi connectivity index (χ1) is 9.16. The van der Waals surface area contributed by atoms with Crippen LogP contribution in [0.4, 0.5) is 5.13 Å². The number of hydrogen-bond acceptors (Lipinski definition) is 7. The third-order valence-corrected chi connectivity index (χ3v) is 4.68. The molecule has 0 spiro atoms. The first-order valence-electron chi connectivity index (χ1n) is 6.14. The topological polar surface area (TPSA) is 91.5 Å². The highest BCUT2D eigenvalue weighted by atomic mass is 32.2. The fourth-order valence-electron chi connectivity index (χ4n) is 1.78. The van der Waals surface area contributed by atoms with Gasteiger partial charge in [-0.25, -0.2) is 4.98 Å². The third kappa shape index (κ3) is 4.34. The van der Waals surface area contributed by atoms with Crippen molar-refractivity contribution in [3.8, 4) is 0 Å². The molecule has 1 aliphatic rings. The zero-order valence-electron chi connectivity index (χ0n) is 10.5. The lowest BCUT2D eigenvalue weighted by atomic mass is 10.2. The first-order valence-corrected chi connectivity index (χ1v) is 8.18. The van der Waals surface area contributed by atoms with Gasteiger partial charge in [-0.3, -0.25) is 9.69 Å². The van der Waals surface area contributed by atoms with Crippen LogP contribution >= 0.6 is 23.1 Å². The van der Waals surface area contributed by atoms with E-state index in [0.717, 1.165) is 31.3 Å². The van der Waals surface area contributed by atoms with Gasteiger partial charge in [0.1, 0.15) is 6.04 Å². The van der Waals surface area contributed by atoms with E-state index in [1.165, 1.54) is 22.8 Å². The van der Waals surface area contributed by atoms with Crippen LogP contribution in [-0.4, -0.2) is 58.6 Å². The van der Waals surface area contributed by atoms with Gasteiger partial charge in [0.05, 0.1) is 5.69 Å². The maximum Gasteiger partial charge on any atom is 0.326 e. The molecule has 1 aromatic rings. The summed E-state index contributed by atoms with van der Waals surface area (Å²) in [6.45, 7) is 4.08. The highest BCUT2D eigenvalue weighted by molar-refractivity contribution is 7.99. The number of rotatable bonds is 6. The molecule has 106 valence electrons. The summed E-state index contributed by atoms with van der Waals surface area (Å²) < 4.78 is 0. The Morgan fingerprint density at radius 3 is 3.00 bits per heavy atom. The summed E-state index contributed by atoms with van der Waals surface area (Å²) >= 11 is 3.39. The van der Waals surface area contributed by atoms with Crippen molar-refractivity contribution in [2.24, 2.45) is 5.73 Å². The minimum absolute atomic E-state index is 0.411. The van der Waals surface area contributed by atoms with Gasteiger partial charge in [0.2, 0.25) is 0 Å². The second kappa shape index (κ2) is 7.09. The molecule has 6 nitrogen and oxygen atoms in total. The molecule has 0 amide bonds. The maximum atomic E-state index is 10.7. The van der Waals surface area contributed by atoms with Crippen molar-refractivity contribution in [3.05, 3.63) is 11.1 Å². The zero-order valence-corrected chi connectivity index (χ0v) is 12.2. The van der Waals surface area contributed by atoms with Crippen molar-refractivity contribution in [1.29, 1.82) is 0 Å². The van der Waals surface area contributed by atoms with Crippen LogP contribution in [0.3, 0.4) is 0 Å². The quantitative estimate of drug-likeness (QED) is 0.712. The maximum absolute atomic E-state index is 10.7. The number of anilines is 1. The second-order valence-corrected chi connectivity index (χ2v) is 6.36. The summed E-state index contributed by atoms with van der Waals surface area (Å²) in [5.41, 5.74) is 5.91. The van der Waals surface area contributed by atoms with Crippen LogP contribution in [0.1, 0.15) is 11.7 Å². The van der Waals surface area contributed by atoms with E-state index in [2.05, 4.69) is 15.2 Å². The Balaban J connectivity index is 1.75. The highest BCUT2D eigenvalue weighted by Gasteiger charge is 2.17. The number of carboxylic acid groups (broad SMARTS) is 1. The van der Waals surface area contributed by atoms with Crippen LogP contribution in [0.15, 0.2) is 5.38 Å². The predicted molar refractivity (Wildman–Crippen MR) is 78.9 cm³/mol. The lowest BCUT2D eigenvalue weighted by Crippen LogP contribution is -2.36. The Kier molecular flexibility index (Phi) is 5.44. The van der Waals surface area contributed by atoms with E-state index in [9.17, 15) is 4.79 Å². The van der Waals surface area contributed by atoms with Crippen LogP contribution < -0.4 is 11.1 Å². The van der Waals surface area contributed by atoms with Crippen molar-refractivity contribution in [3.63, 3.8) is 0 Å². The molecule has 2 rings (SSSR count). The number of aliphatic carboxylic acids is 1. The van der Waals surface area contributed by atoms with Gasteiger partial charge in [-0.05, 0) is 0 Å². The Morgan fingerprint density at radius 1 is 1.58 bits per heavy atom. The molecule has 8 heteroatoms. The molecule has 0 saturated carbocycles. The molecule has 19 heavy (non-hydrogen) atoms. The van der Waals surface area contributed by atoms with E-state index in [-0.39, 0.29) is 0 Å². The number of thioether (sulfide) groups is 1. The molecule has 0 aliphatic carbocycles. The molecule has 1 aromatic heterocycles. The summed E-state index contributed by atoms with van der Waals surface area (Å²) in [5, 5.41) is 14.4. The molecule has 1 unspecified atom stereocenters. The van der Waals surface area contributed by atoms with E-state index < -0.39 is 12.0 Å². The summed E-state index contributed by atoms with van der Waals surface area (Å²) in [6, 6.07) is -1.04. The smallest absolute Gasteiger partial charge is 0.326 e. The number of aromatic nitrogens is 1. The van der Waals surface area contributed by atoms with E-state index >= 15 is 0 Å². The second-order valence-electron chi connectivity index (χ2n) is 4.27. The third-order valence-electron chi connectivity index (χ3n) is 2.91. The standard InChI is InChI=1S/C11H18N4O2S2/c12-9(10(16)17)8-7-19-11(14-8)13-1-2-15-3-5-18-6-4-15/h7,9H,1-6,12H2,(H,13,14)(H,16,17). The molecule has 0 bridgehead atoms. The van der Waals surface area contributed by atoms with Crippen molar-refractivity contribution in [2.45, 2.75) is 6.04 Å². The van der Waals surface area contributed by atoms with Crippen LogP contribution in [0, 0.1) is 0 Å². The molecule has 1 saturated heterocycles. The van der Waals surface area contributed by atoms with E-state index in [4.69, 9.17) is 10.8 Å². The average molecular weight is 302 g/mol. The first kappa shape index (κ1) is 14.6. The van der Waals surface area contributed by atoms with Gasteiger partial charge in [-0.15, -0.1) is 11.3 Å². The molecule has 1 fully saturated rings. The molecule has 4 N–H and O–H groups in total. The largest absolute Gasteiger partial charge is 0.480 e. The monoisotopic (exact) mass is 302 g/mol. The molecule has 0 radical (unpaired) electrons. The molecular weight excluding hydrogens is 284 g/mol. The Morgan fingerprint density at radius 2 is 2.32 bits per heavy atom. The number of hydrogen-bond donors (Lipinski definition) is 3. The summed E-state index contributed by atoms with van der Waals surface area (Å²) in [7, 11) is 0. The zero-order chi connectivity index (χ0) is 13.7. The van der Waals surface area contributed by atoms with Gasteiger partial charge in [0.15, 0.2) is 5.13 Å². The van der Waals surface area contributed by atoms with Crippen molar-refractivity contribution >= 4 is 34.2 Å². The minimum atomic E-state index is -1.05. The van der Waals surface area contributed by atoms with Crippen LogP contribution in [0.25, 0.3) is 0 Å². The number of nitrogens with zero attached hydrogens (tertiary/aromatic N) is 2. The highest BCUT2D eigenvalue weighted by Crippen LogP contribution is 2.19. The molecule has 0 aromatic carbocycles.